The number of hydrogen-bond donors (Lipinski definition) is 2. The number of ether oxygens (including phenoxy) is 2. The quantitative estimate of drug-likeness (QED) is 0.278. The summed E-state index contributed by atoms with van der Waals surface area (Å²) in [4.78, 5) is 40.7. The number of carbonyl (C=O) groups excluding carboxylic acids is 3. The van der Waals surface area contributed by atoms with Crippen molar-refractivity contribution in [3.63, 3.8) is 0 Å². The van der Waals surface area contributed by atoms with E-state index in [1.165, 1.54) is 14.2 Å². The van der Waals surface area contributed by atoms with Crippen molar-refractivity contribution < 1.29 is 34.1 Å². The summed E-state index contributed by atoms with van der Waals surface area (Å²) in [5.74, 6) is -0.906. The number of rotatable bonds is 11. The molecule has 2 N–H and O–H groups in total. The maximum Gasteiger partial charge on any atom is 0.305 e. The fraction of sp³-hybridized carbons (Fsp3) is 0.577. The van der Waals surface area contributed by atoms with Gasteiger partial charge in [0.15, 0.2) is 5.60 Å². The van der Waals surface area contributed by atoms with E-state index in [2.05, 4.69) is 4.74 Å². The van der Waals surface area contributed by atoms with Crippen LogP contribution in [0.4, 0.5) is 5.69 Å². The van der Waals surface area contributed by atoms with Crippen LogP contribution in [0.3, 0.4) is 0 Å². The second-order valence-electron chi connectivity index (χ2n) is 9.13. The van der Waals surface area contributed by atoms with Gasteiger partial charge in [-0.1, -0.05) is 19.1 Å². The number of likely N-dealkylation sites (tertiary alicyclic amines) is 1. The lowest BCUT2D eigenvalue weighted by molar-refractivity contribution is -0.140. The van der Waals surface area contributed by atoms with E-state index in [0.29, 0.717) is 42.9 Å². The predicted octanol–water partition coefficient (Wildman–Crippen LogP) is 2.14. The Hall–Kier alpha value is -2.91. The molecule has 2 heterocycles. The van der Waals surface area contributed by atoms with Crippen LogP contribution in [0.15, 0.2) is 30.4 Å². The van der Waals surface area contributed by atoms with Gasteiger partial charge in [-0.3, -0.25) is 14.4 Å². The predicted molar refractivity (Wildman–Crippen MR) is 130 cm³/mol. The summed E-state index contributed by atoms with van der Waals surface area (Å²) in [6, 6.07) is 5.03. The zero-order valence-electron chi connectivity index (χ0n) is 20.7. The molecule has 0 aliphatic carbocycles. The lowest BCUT2D eigenvalue weighted by Crippen LogP contribution is -2.44. The summed E-state index contributed by atoms with van der Waals surface area (Å²) < 4.78 is 10.00. The third-order valence-corrected chi connectivity index (χ3v) is 7.00. The van der Waals surface area contributed by atoms with Gasteiger partial charge in [0.25, 0.3) is 5.91 Å². The van der Waals surface area contributed by atoms with Crippen LogP contribution in [0.2, 0.25) is 0 Å². The molecule has 2 aliphatic heterocycles. The number of benzene rings is 1. The topological polar surface area (TPSA) is 117 Å². The molecule has 0 aromatic heterocycles. The number of hydrogen-bond acceptors (Lipinski definition) is 7. The van der Waals surface area contributed by atoms with Crippen LogP contribution in [0.5, 0.6) is 5.75 Å². The van der Waals surface area contributed by atoms with Gasteiger partial charge in [0.2, 0.25) is 5.91 Å². The first-order chi connectivity index (χ1) is 16.8. The van der Waals surface area contributed by atoms with E-state index in [1.807, 2.05) is 0 Å². The molecule has 0 unspecified atom stereocenters. The van der Waals surface area contributed by atoms with Crippen molar-refractivity contribution in [2.75, 3.05) is 38.8 Å². The van der Waals surface area contributed by atoms with E-state index in [-0.39, 0.29) is 37.4 Å². The molecule has 9 heteroatoms. The van der Waals surface area contributed by atoms with Gasteiger partial charge in [-0.15, -0.1) is 0 Å². The van der Waals surface area contributed by atoms with Crippen molar-refractivity contribution in [2.24, 2.45) is 5.92 Å². The number of carbonyl (C=O) groups is 3. The normalized spacial score (nSPS) is 22.5. The molecule has 1 fully saturated rings. The zero-order valence-corrected chi connectivity index (χ0v) is 20.7. The minimum atomic E-state index is -1.81. The van der Waals surface area contributed by atoms with Crippen LogP contribution in [-0.4, -0.2) is 72.9 Å². The standard InChI is InChI=1S/C26H36N2O7/c1-18(8-6-10-23(30)27-15-7-9-19(27)17-29)26(33)21-16-20(34-2)12-13-22(21)28(25(26)32)14-5-4-11-24(31)35-3/h6,8,12-13,16,18-19,29,33H,4-5,7,9-11,14-15,17H2,1-3H3/b8-6+/t18-,19-,26+/m0/s1. The first-order valence-electron chi connectivity index (χ1n) is 12.1. The van der Waals surface area contributed by atoms with Crippen molar-refractivity contribution in [2.45, 2.75) is 57.1 Å². The molecule has 35 heavy (non-hydrogen) atoms. The average Bonchev–Trinajstić information content (AvgIpc) is 3.43. The zero-order chi connectivity index (χ0) is 25.6. The highest BCUT2D eigenvalue weighted by Crippen LogP contribution is 2.46. The maximum atomic E-state index is 13.5. The highest BCUT2D eigenvalue weighted by Gasteiger charge is 2.52. The molecule has 0 saturated carbocycles. The lowest BCUT2D eigenvalue weighted by Gasteiger charge is -2.28. The molecule has 192 valence electrons. The summed E-state index contributed by atoms with van der Waals surface area (Å²) in [6.45, 7) is 2.68. The molecule has 0 spiro atoms. The Morgan fingerprint density at radius 2 is 2.06 bits per heavy atom. The highest BCUT2D eigenvalue weighted by molar-refractivity contribution is 6.07. The van der Waals surface area contributed by atoms with Crippen molar-refractivity contribution in [1.29, 1.82) is 0 Å². The van der Waals surface area contributed by atoms with Gasteiger partial charge < -0.3 is 29.5 Å². The molecule has 1 saturated heterocycles. The second kappa shape index (κ2) is 11.7. The number of methoxy groups -OCH3 is 2. The minimum Gasteiger partial charge on any atom is -0.497 e. The molecule has 0 bridgehead atoms. The summed E-state index contributed by atoms with van der Waals surface area (Å²) in [7, 11) is 2.86. The number of anilines is 1. The number of aliphatic hydroxyl groups is 2. The van der Waals surface area contributed by atoms with Crippen LogP contribution < -0.4 is 9.64 Å². The fourth-order valence-corrected chi connectivity index (χ4v) is 4.90. The Balaban J connectivity index is 1.75. The number of nitrogens with zero attached hydrogens (tertiary/aromatic N) is 2. The SMILES string of the molecule is COC(=O)CCCCN1C(=O)[C@@](O)([C@@H](C)/C=C/CC(=O)N2CCC[C@H]2CO)c2cc(OC)ccc21. The van der Waals surface area contributed by atoms with Crippen LogP contribution in [0.25, 0.3) is 0 Å². The van der Waals surface area contributed by atoms with E-state index < -0.39 is 17.4 Å². The van der Waals surface area contributed by atoms with Crippen molar-refractivity contribution in [3.05, 3.63) is 35.9 Å². The number of unbranched alkanes of at least 4 members (excludes halogenated alkanes) is 1. The number of esters is 1. The molecule has 2 amide bonds. The summed E-state index contributed by atoms with van der Waals surface area (Å²) in [5.41, 5.74) is -0.749. The Labute approximate surface area is 206 Å². The minimum absolute atomic E-state index is 0.0474. The smallest absolute Gasteiger partial charge is 0.305 e. The van der Waals surface area contributed by atoms with Gasteiger partial charge in [0.05, 0.1) is 32.6 Å². The van der Waals surface area contributed by atoms with Crippen LogP contribution in [0.1, 0.15) is 51.0 Å². The van der Waals surface area contributed by atoms with Gasteiger partial charge in [-0.2, -0.15) is 0 Å². The van der Waals surface area contributed by atoms with E-state index in [1.54, 1.807) is 47.1 Å². The van der Waals surface area contributed by atoms with Gasteiger partial charge in [-0.25, -0.2) is 0 Å². The number of fused-ring (bicyclic) bond motifs is 1. The fourth-order valence-electron chi connectivity index (χ4n) is 4.90. The molecular weight excluding hydrogens is 452 g/mol. The van der Waals surface area contributed by atoms with E-state index in [9.17, 15) is 24.6 Å². The second-order valence-corrected chi connectivity index (χ2v) is 9.13. The van der Waals surface area contributed by atoms with Crippen LogP contribution in [0, 0.1) is 5.92 Å². The summed E-state index contributed by atoms with van der Waals surface area (Å²) in [6.07, 6.45) is 6.58. The summed E-state index contributed by atoms with van der Waals surface area (Å²) in [5, 5.41) is 21.2. The first-order valence-corrected chi connectivity index (χ1v) is 12.1. The molecule has 0 radical (unpaired) electrons. The lowest BCUT2D eigenvalue weighted by atomic mass is 9.83. The Kier molecular flexibility index (Phi) is 8.91. The van der Waals surface area contributed by atoms with E-state index >= 15 is 0 Å². The number of amides is 2. The molecule has 2 aliphatic rings. The molecule has 1 aromatic rings. The molecule has 3 atom stereocenters. The molecule has 1 aromatic carbocycles. The van der Waals surface area contributed by atoms with Gasteiger partial charge in [0, 0.05) is 37.4 Å². The third kappa shape index (κ3) is 5.51. The van der Waals surface area contributed by atoms with Crippen molar-refractivity contribution in [1.82, 2.24) is 4.90 Å². The highest BCUT2D eigenvalue weighted by atomic mass is 16.5. The summed E-state index contributed by atoms with van der Waals surface area (Å²) >= 11 is 0. The first kappa shape index (κ1) is 26.7. The van der Waals surface area contributed by atoms with Crippen LogP contribution in [-0.2, 0) is 24.7 Å². The van der Waals surface area contributed by atoms with E-state index in [0.717, 1.165) is 12.8 Å². The van der Waals surface area contributed by atoms with Gasteiger partial charge >= 0.3 is 5.97 Å². The average molecular weight is 489 g/mol. The Morgan fingerprint density at radius 3 is 2.74 bits per heavy atom. The Morgan fingerprint density at radius 1 is 1.29 bits per heavy atom. The van der Waals surface area contributed by atoms with Crippen molar-refractivity contribution >= 4 is 23.5 Å². The van der Waals surface area contributed by atoms with Crippen molar-refractivity contribution in [3.8, 4) is 5.75 Å². The van der Waals surface area contributed by atoms with Gasteiger partial charge in [0.1, 0.15) is 5.75 Å². The monoisotopic (exact) mass is 488 g/mol. The van der Waals surface area contributed by atoms with E-state index in [4.69, 9.17) is 4.74 Å². The van der Waals surface area contributed by atoms with Crippen LogP contribution >= 0.6 is 0 Å². The molecule has 9 nitrogen and oxygen atoms in total. The van der Waals surface area contributed by atoms with Gasteiger partial charge in [-0.05, 0) is 43.9 Å². The largest absolute Gasteiger partial charge is 0.497 e. The molecule has 3 rings (SSSR count). The third-order valence-electron chi connectivity index (χ3n) is 7.00. The maximum absolute atomic E-state index is 13.5. The Bertz CT molecular complexity index is 963. The number of aliphatic hydroxyl groups excluding tert-OH is 1. The molecular formula is C26H36N2O7.